The molecule has 0 aromatic heterocycles. The molecule has 3 N–H and O–H groups in total. The number of phenolic OH excluding ortho intramolecular Hbond substituents is 1. The highest BCUT2D eigenvalue weighted by Crippen LogP contribution is 2.32. The standard InChI is InChI=1S/C13H13BrO3/c14-7-12(16)13(17)10-5-6-11(15)9-4-2-1-3-8(9)10/h1-6,12-13,15-17H,7H2. The molecule has 0 aliphatic carbocycles. The molecular weight excluding hydrogens is 284 g/mol. The molecule has 0 aliphatic heterocycles. The normalized spacial score (nSPS) is 14.8. The van der Waals surface area contributed by atoms with Gasteiger partial charge in [-0.15, -0.1) is 0 Å². The van der Waals surface area contributed by atoms with Crippen molar-refractivity contribution in [2.24, 2.45) is 0 Å². The number of aliphatic hydroxyl groups excluding tert-OH is 2. The summed E-state index contributed by atoms with van der Waals surface area (Å²) in [6, 6.07) is 10.4. The molecule has 0 saturated heterocycles. The fourth-order valence-electron chi connectivity index (χ4n) is 1.86. The molecular formula is C13H13BrO3. The van der Waals surface area contributed by atoms with Gasteiger partial charge in [0.1, 0.15) is 11.9 Å². The topological polar surface area (TPSA) is 60.7 Å². The SMILES string of the molecule is Oc1ccc(C(O)C(O)CBr)c2ccccc12. The molecule has 0 heterocycles. The van der Waals surface area contributed by atoms with Gasteiger partial charge in [0.05, 0.1) is 6.10 Å². The highest BCUT2D eigenvalue weighted by molar-refractivity contribution is 9.09. The minimum absolute atomic E-state index is 0.171. The molecule has 0 radical (unpaired) electrons. The van der Waals surface area contributed by atoms with Crippen LogP contribution in [0.15, 0.2) is 36.4 Å². The highest BCUT2D eigenvalue weighted by atomic mass is 79.9. The number of halogens is 1. The first-order chi connectivity index (χ1) is 8.15. The first kappa shape index (κ1) is 12.4. The molecule has 2 aromatic rings. The second-order valence-electron chi connectivity index (χ2n) is 3.89. The van der Waals surface area contributed by atoms with Gasteiger partial charge in [-0.25, -0.2) is 0 Å². The first-order valence-electron chi connectivity index (χ1n) is 5.28. The third-order valence-corrected chi connectivity index (χ3v) is 3.44. The molecule has 17 heavy (non-hydrogen) atoms. The van der Waals surface area contributed by atoms with Gasteiger partial charge >= 0.3 is 0 Å². The van der Waals surface area contributed by atoms with Crippen molar-refractivity contribution in [2.45, 2.75) is 12.2 Å². The fraction of sp³-hybridized carbons (Fsp3) is 0.231. The smallest absolute Gasteiger partial charge is 0.123 e. The number of hydrogen-bond acceptors (Lipinski definition) is 3. The lowest BCUT2D eigenvalue weighted by atomic mass is 9.97. The van der Waals surface area contributed by atoms with Crippen LogP contribution in [-0.4, -0.2) is 26.8 Å². The minimum atomic E-state index is -0.972. The Hall–Kier alpha value is -1.10. The van der Waals surface area contributed by atoms with Gasteiger partial charge in [0.15, 0.2) is 0 Å². The Morgan fingerprint density at radius 2 is 1.65 bits per heavy atom. The predicted octanol–water partition coefficient (Wildman–Crippen LogP) is 2.33. The molecule has 0 amide bonds. The van der Waals surface area contributed by atoms with Crippen LogP contribution in [0.3, 0.4) is 0 Å². The molecule has 3 nitrogen and oxygen atoms in total. The van der Waals surface area contributed by atoms with Crippen LogP contribution in [0.2, 0.25) is 0 Å². The quantitative estimate of drug-likeness (QED) is 0.762. The second-order valence-corrected chi connectivity index (χ2v) is 4.53. The van der Waals surface area contributed by atoms with Gasteiger partial charge in [0, 0.05) is 10.7 Å². The molecule has 2 atom stereocenters. The van der Waals surface area contributed by atoms with E-state index in [1.54, 1.807) is 12.1 Å². The number of aliphatic hydroxyl groups is 2. The summed E-state index contributed by atoms with van der Waals surface area (Å²) in [4.78, 5) is 0. The van der Waals surface area contributed by atoms with Crippen LogP contribution in [0.1, 0.15) is 11.7 Å². The van der Waals surface area contributed by atoms with E-state index in [0.29, 0.717) is 16.3 Å². The molecule has 90 valence electrons. The van der Waals surface area contributed by atoms with E-state index in [4.69, 9.17) is 0 Å². The van der Waals surface area contributed by atoms with Crippen molar-refractivity contribution in [3.8, 4) is 5.75 Å². The summed E-state index contributed by atoms with van der Waals surface area (Å²) in [5, 5.41) is 31.1. The minimum Gasteiger partial charge on any atom is -0.507 e. The number of benzene rings is 2. The van der Waals surface area contributed by atoms with Gasteiger partial charge in [-0.05, 0) is 17.0 Å². The fourth-order valence-corrected chi connectivity index (χ4v) is 2.21. The van der Waals surface area contributed by atoms with E-state index in [2.05, 4.69) is 15.9 Å². The Bertz CT molecular complexity index is 527. The van der Waals surface area contributed by atoms with Crippen molar-refractivity contribution in [2.75, 3.05) is 5.33 Å². The molecule has 0 aliphatic rings. The molecule has 0 spiro atoms. The van der Waals surface area contributed by atoms with Crippen molar-refractivity contribution in [1.29, 1.82) is 0 Å². The molecule has 0 saturated carbocycles. The van der Waals surface area contributed by atoms with Crippen LogP contribution in [-0.2, 0) is 0 Å². The summed E-state index contributed by atoms with van der Waals surface area (Å²) in [5.74, 6) is 0.171. The number of alkyl halides is 1. The van der Waals surface area contributed by atoms with Crippen LogP contribution in [0.4, 0.5) is 0 Å². The number of hydrogen-bond donors (Lipinski definition) is 3. The Labute approximate surface area is 107 Å². The van der Waals surface area contributed by atoms with Crippen LogP contribution in [0.5, 0.6) is 5.75 Å². The molecule has 2 unspecified atom stereocenters. The van der Waals surface area contributed by atoms with Crippen LogP contribution in [0, 0.1) is 0 Å². The van der Waals surface area contributed by atoms with Crippen molar-refractivity contribution in [3.63, 3.8) is 0 Å². The van der Waals surface area contributed by atoms with E-state index < -0.39 is 12.2 Å². The average Bonchev–Trinajstić information content (AvgIpc) is 2.38. The molecule has 0 fully saturated rings. The van der Waals surface area contributed by atoms with Crippen LogP contribution >= 0.6 is 15.9 Å². The van der Waals surface area contributed by atoms with Crippen LogP contribution < -0.4 is 0 Å². The van der Waals surface area contributed by atoms with E-state index in [9.17, 15) is 15.3 Å². The summed E-state index contributed by atoms with van der Waals surface area (Å²) in [5.41, 5.74) is 0.616. The third-order valence-electron chi connectivity index (χ3n) is 2.78. The van der Waals surface area contributed by atoms with Gasteiger partial charge in [0.2, 0.25) is 0 Å². The maximum absolute atomic E-state index is 10.0. The number of fused-ring (bicyclic) bond motifs is 1. The molecule has 2 rings (SSSR count). The zero-order valence-electron chi connectivity index (χ0n) is 9.05. The summed E-state index contributed by atoms with van der Waals surface area (Å²) >= 11 is 3.13. The second kappa shape index (κ2) is 5.04. The van der Waals surface area contributed by atoms with E-state index in [-0.39, 0.29) is 5.75 Å². The Morgan fingerprint density at radius 1 is 1.00 bits per heavy atom. The Balaban J connectivity index is 2.59. The summed E-state index contributed by atoms with van der Waals surface area (Å²) in [6.07, 6.45) is -1.84. The molecule has 2 aromatic carbocycles. The zero-order chi connectivity index (χ0) is 12.4. The Morgan fingerprint density at radius 3 is 2.29 bits per heavy atom. The van der Waals surface area contributed by atoms with Gasteiger partial charge in [-0.2, -0.15) is 0 Å². The number of aromatic hydroxyl groups is 1. The number of rotatable bonds is 3. The maximum Gasteiger partial charge on any atom is 0.123 e. The molecule has 0 bridgehead atoms. The summed E-state index contributed by atoms with van der Waals surface area (Å²) < 4.78 is 0. The van der Waals surface area contributed by atoms with Gasteiger partial charge in [-0.1, -0.05) is 46.3 Å². The lowest BCUT2D eigenvalue weighted by Gasteiger charge is -2.18. The van der Waals surface area contributed by atoms with Crippen molar-refractivity contribution in [3.05, 3.63) is 42.0 Å². The lowest BCUT2D eigenvalue weighted by molar-refractivity contribution is 0.0352. The largest absolute Gasteiger partial charge is 0.507 e. The van der Waals surface area contributed by atoms with E-state index >= 15 is 0 Å². The monoisotopic (exact) mass is 296 g/mol. The van der Waals surface area contributed by atoms with Crippen molar-refractivity contribution in [1.82, 2.24) is 0 Å². The Kier molecular flexibility index (Phi) is 3.66. The van der Waals surface area contributed by atoms with Gasteiger partial charge in [0.25, 0.3) is 0 Å². The van der Waals surface area contributed by atoms with Crippen molar-refractivity contribution >= 4 is 26.7 Å². The number of phenols is 1. The summed E-state index contributed by atoms with van der Waals surface area (Å²) in [6.45, 7) is 0. The first-order valence-corrected chi connectivity index (χ1v) is 6.40. The van der Waals surface area contributed by atoms with Crippen molar-refractivity contribution < 1.29 is 15.3 Å². The van der Waals surface area contributed by atoms with E-state index in [0.717, 1.165) is 5.39 Å². The third kappa shape index (κ3) is 2.29. The summed E-state index contributed by atoms with van der Waals surface area (Å²) in [7, 11) is 0. The highest BCUT2D eigenvalue weighted by Gasteiger charge is 2.19. The molecule has 4 heteroatoms. The maximum atomic E-state index is 10.0. The van der Waals surface area contributed by atoms with Crippen LogP contribution in [0.25, 0.3) is 10.8 Å². The van der Waals surface area contributed by atoms with Gasteiger partial charge < -0.3 is 15.3 Å². The predicted molar refractivity (Wildman–Crippen MR) is 70.4 cm³/mol. The van der Waals surface area contributed by atoms with E-state index in [1.807, 2.05) is 18.2 Å². The van der Waals surface area contributed by atoms with E-state index in [1.165, 1.54) is 6.07 Å². The average molecular weight is 297 g/mol. The lowest BCUT2D eigenvalue weighted by Crippen LogP contribution is -2.19. The van der Waals surface area contributed by atoms with Gasteiger partial charge in [-0.3, -0.25) is 0 Å². The zero-order valence-corrected chi connectivity index (χ0v) is 10.6.